The Kier molecular flexibility index (Phi) is 7.14. The SMILES string of the molecule is [B]C([B])(Oc1cccc2c1CN(C1(O)C(=O)NC(=O)C([B])(O)C1([B])O)C2=O)c1ccc(CN2CCOCC2)cc1F. The van der Waals surface area contributed by atoms with Crippen molar-refractivity contribution in [2.24, 2.45) is 0 Å². The number of rotatable bonds is 6. The molecule has 2 saturated heterocycles. The zero-order chi connectivity index (χ0) is 30.0. The minimum atomic E-state index is -3.55. The lowest BCUT2D eigenvalue weighted by Crippen LogP contribution is -2.86. The first-order chi connectivity index (χ1) is 19.1. The summed E-state index contributed by atoms with van der Waals surface area (Å²) in [5.74, 6) is -5.12. The molecule has 8 radical (unpaired) electrons. The first kappa shape index (κ1) is 29.3. The number of amides is 3. The van der Waals surface area contributed by atoms with E-state index in [1.165, 1.54) is 30.3 Å². The Morgan fingerprint density at radius 2 is 1.73 bits per heavy atom. The third-order valence-corrected chi connectivity index (χ3v) is 7.56. The zero-order valence-corrected chi connectivity index (χ0v) is 21.7. The van der Waals surface area contributed by atoms with Crippen LogP contribution in [0.25, 0.3) is 0 Å². The summed E-state index contributed by atoms with van der Waals surface area (Å²) < 4.78 is 26.3. The molecule has 3 amide bonds. The maximum atomic E-state index is 15.2. The molecule has 0 aromatic heterocycles. The summed E-state index contributed by atoms with van der Waals surface area (Å²) in [4.78, 5) is 40.5. The van der Waals surface area contributed by atoms with Crippen LogP contribution in [-0.4, -0.2) is 117 Å². The van der Waals surface area contributed by atoms with E-state index in [4.69, 9.17) is 40.9 Å². The molecule has 2 aromatic rings. The van der Waals surface area contributed by atoms with E-state index in [2.05, 4.69) is 4.90 Å². The van der Waals surface area contributed by atoms with Crippen LogP contribution < -0.4 is 10.1 Å². The molecule has 0 bridgehead atoms. The van der Waals surface area contributed by atoms with Crippen LogP contribution in [-0.2, 0) is 32.8 Å². The summed E-state index contributed by atoms with van der Waals surface area (Å²) >= 11 is 0. The number of ether oxygens (including phenoxy) is 2. The van der Waals surface area contributed by atoms with Gasteiger partial charge in [0.25, 0.3) is 17.7 Å². The van der Waals surface area contributed by atoms with E-state index in [1.807, 2.05) is 0 Å². The molecule has 0 aliphatic carbocycles. The minimum absolute atomic E-state index is 0.0246. The van der Waals surface area contributed by atoms with Crippen molar-refractivity contribution in [3.8, 4) is 5.75 Å². The molecule has 204 valence electrons. The second-order valence-electron chi connectivity index (χ2n) is 10.3. The molecule has 5 rings (SSSR count). The molecule has 3 heterocycles. The maximum absolute atomic E-state index is 15.2. The van der Waals surface area contributed by atoms with Gasteiger partial charge in [-0.3, -0.25) is 29.5 Å². The highest BCUT2D eigenvalue weighted by atomic mass is 19.1. The van der Waals surface area contributed by atoms with Crippen LogP contribution in [0.2, 0.25) is 0 Å². The van der Waals surface area contributed by atoms with Crippen molar-refractivity contribution in [3.05, 3.63) is 64.5 Å². The molecule has 41 heavy (non-hydrogen) atoms. The van der Waals surface area contributed by atoms with Gasteiger partial charge in [0, 0.05) is 36.3 Å². The van der Waals surface area contributed by atoms with Crippen molar-refractivity contribution in [3.63, 3.8) is 0 Å². The highest BCUT2D eigenvalue weighted by Crippen LogP contribution is 2.43. The number of imide groups is 1. The Balaban J connectivity index is 1.42. The largest absolute Gasteiger partial charge is 0.502 e. The number of aliphatic hydroxyl groups is 3. The molecule has 16 heteroatoms. The number of carbonyl (C=O) groups is 3. The van der Waals surface area contributed by atoms with Crippen molar-refractivity contribution in [2.45, 2.75) is 35.2 Å². The average molecular weight is 555 g/mol. The van der Waals surface area contributed by atoms with Gasteiger partial charge in [0.05, 0.1) is 25.2 Å². The molecule has 2 aromatic carbocycles. The van der Waals surface area contributed by atoms with E-state index in [0.717, 1.165) is 0 Å². The summed E-state index contributed by atoms with van der Waals surface area (Å²) in [7, 11) is 23.4. The molecular weight excluding hydrogens is 533 g/mol. The number of nitrogens with one attached hydrogen (secondary N) is 1. The number of halogens is 1. The molecule has 3 atom stereocenters. The second kappa shape index (κ2) is 9.99. The fourth-order valence-electron chi connectivity index (χ4n) is 5.12. The first-order valence-corrected chi connectivity index (χ1v) is 12.5. The highest BCUT2D eigenvalue weighted by molar-refractivity contribution is 6.40. The Bertz CT molecular complexity index is 1440. The molecule has 0 spiro atoms. The smallest absolute Gasteiger partial charge is 0.282 e. The molecule has 3 aliphatic heterocycles. The minimum Gasteiger partial charge on any atom is -0.502 e. The summed E-state index contributed by atoms with van der Waals surface area (Å²) in [5.41, 5.74) is -9.96. The Morgan fingerprint density at radius 3 is 2.39 bits per heavy atom. The normalized spacial score (nSPS) is 28.9. The average Bonchev–Trinajstić information content (AvgIpc) is 3.25. The second-order valence-corrected chi connectivity index (χ2v) is 10.3. The Labute approximate surface area is 239 Å². The lowest BCUT2D eigenvalue weighted by molar-refractivity contribution is -0.232. The van der Waals surface area contributed by atoms with Gasteiger partial charge in [-0.25, -0.2) is 4.39 Å². The number of fused-ring (bicyclic) bond motifs is 1. The van der Waals surface area contributed by atoms with E-state index in [1.54, 1.807) is 11.4 Å². The highest BCUT2D eigenvalue weighted by Gasteiger charge is 2.70. The van der Waals surface area contributed by atoms with E-state index < -0.39 is 52.2 Å². The maximum Gasteiger partial charge on any atom is 0.282 e. The fraction of sp³-hybridized carbons (Fsp3) is 0.400. The van der Waals surface area contributed by atoms with E-state index >= 15 is 4.39 Å². The van der Waals surface area contributed by atoms with Gasteiger partial charge in [0.15, 0.2) is 0 Å². The molecule has 2 fully saturated rings. The van der Waals surface area contributed by atoms with Crippen LogP contribution in [0, 0.1) is 5.82 Å². The van der Waals surface area contributed by atoms with Gasteiger partial charge < -0.3 is 24.8 Å². The van der Waals surface area contributed by atoms with Crippen LogP contribution in [0.15, 0.2) is 36.4 Å². The van der Waals surface area contributed by atoms with Gasteiger partial charge in [-0.1, -0.05) is 18.2 Å². The quantitative estimate of drug-likeness (QED) is 0.219. The van der Waals surface area contributed by atoms with Gasteiger partial charge in [-0.05, 0) is 23.8 Å². The Morgan fingerprint density at radius 1 is 1.05 bits per heavy atom. The number of benzene rings is 2. The number of piperidine rings is 1. The molecule has 3 unspecified atom stereocenters. The van der Waals surface area contributed by atoms with Gasteiger partial charge >= 0.3 is 0 Å². The summed E-state index contributed by atoms with van der Waals surface area (Å²) in [6.07, 6.45) is 0. The molecule has 0 saturated carbocycles. The van der Waals surface area contributed by atoms with E-state index in [9.17, 15) is 29.7 Å². The van der Waals surface area contributed by atoms with Gasteiger partial charge in [-0.2, -0.15) is 0 Å². The van der Waals surface area contributed by atoms with Crippen LogP contribution in [0.3, 0.4) is 0 Å². The van der Waals surface area contributed by atoms with Crippen LogP contribution in [0.1, 0.15) is 27.0 Å². The van der Waals surface area contributed by atoms with Crippen molar-refractivity contribution >= 4 is 49.1 Å². The van der Waals surface area contributed by atoms with Gasteiger partial charge in [0.2, 0.25) is 5.72 Å². The number of carbonyl (C=O) groups excluding carboxylic acids is 3. The number of nitrogens with zero attached hydrogens (tertiary/aromatic N) is 2. The van der Waals surface area contributed by atoms with Crippen LogP contribution >= 0.6 is 0 Å². The predicted octanol–water partition coefficient (Wildman–Crippen LogP) is -2.80. The van der Waals surface area contributed by atoms with Gasteiger partial charge in [-0.15, -0.1) is 0 Å². The van der Waals surface area contributed by atoms with Crippen LogP contribution in [0.4, 0.5) is 4.39 Å². The number of hydrogen-bond donors (Lipinski definition) is 4. The Hall–Kier alpha value is -3.16. The molecule has 4 N–H and O–H groups in total. The summed E-state index contributed by atoms with van der Waals surface area (Å²) in [5, 5.41) is 31.6. The molecule has 11 nitrogen and oxygen atoms in total. The van der Waals surface area contributed by atoms with E-state index in [0.29, 0.717) is 43.3 Å². The third kappa shape index (κ3) is 4.58. The lowest BCUT2D eigenvalue weighted by Gasteiger charge is -2.54. The zero-order valence-electron chi connectivity index (χ0n) is 21.7. The standard InChI is InChI=1S/C25H22B4FN3O8/c26-22(37)20(35)31-21(36)23(38,25(22,29)39)33-12-15-14(19(33)34)2-1-3-18(15)41-24(27,28)16-5-4-13(10-17(16)30)11-32-6-8-40-9-7-32/h1-5,10,37-39H,6-9,11-12H2,(H,31,35,36). The molecule has 3 aliphatic rings. The lowest BCUT2D eigenvalue weighted by atomic mass is 9.51. The molecular formula is C25H22B4FN3O8. The van der Waals surface area contributed by atoms with Crippen molar-refractivity contribution in [1.29, 1.82) is 0 Å². The van der Waals surface area contributed by atoms with Crippen LogP contribution in [0.5, 0.6) is 5.75 Å². The third-order valence-electron chi connectivity index (χ3n) is 7.56. The first-order valence-electron chi connectivity index (χ1n) is 12.5. The predicted molar refractivity (Wildman–Crippen MR) is 142 cm³/mol. The number of hydrogen-bond acceptors (Lipinski definition) is 9. The van der Waals surface area contributed by atoms with Crippen molar-refractivity contribution in [1.82, 2.24) is 15.1 Å². The fourth-order valence-corrected chi connectivity index (χ4v) is 5.12. The van der Waals surface area contributed by atoms with Crippen molar-refractivity contribution < 1.29 is 43.6 Å². The topological polar surface area (TPSA) is 149 Å². The van der Waals surface area contributed by atoms with E-state index in [-0.39, 0.29) is 22.4 Å². The van der Waals surface area contributed by atoms with Crippen molar-refractivity contribution in [2.75, 3.05) is 26.3 Å². The monoisotopic (exact) mass is 555 g/mol. The van der Waals surface area contributed by atoms with Gasteiger partial charge in [0.1, 0.15) is 54.0 Å². The number of morpholine rings is 1. The summed E-state index contributed by atoms with van der Waals surface area (Å²) in [6.45, 7) is 2.43. The summed E-state index contributed by atoms with van der Waals surface area (Å²) in [6, 6.07) is 8.36.